The highest BCUT2D eigenvalue weighted by Gasteiger charge is 2.62. The van der Waals surface area contributed by atoms with Crippen molar-refractivity contribution in [2.75, 3.05) is 11.5 Å². The number of esters is 1. The molecule has 3 amide bonds. The molecule has 0 aromatic heterocycles. The molecule has 8 nitrogen and oxygen atoms in total. The minimum atomic E-state index is -1.59. The smallest absolute Gasteiger partial charge is 0.354 e. The third-order valence-electron chi connectivity index (χ3n) is 4.49. The first-order valence-electron chi connectivity index (χ1n) is 8.02. The van der Waals surface area contributed by atoms with E-state index in [1.54, 1.807) is 38.1 Å². The third-order valence-corrected chi connectivity index (χ3v) is 4.49. The summed E-state index contributed by atoms with van der Waals surface area (Å²) >= 11 is 0. The number of carbonyl (C=O) groups excluding carboxylic acids is 4. The Bertz CT molecular complexity index is 775. The Hall–Kier alpha value is -2.90. The molecule has 8 heteroatoms. The van der Waals surface area contributed by atoms with Gasteiger partial charge in [-0.2, -0.15) is 0 Å². The van der Waals surface area contributed by atoms with Crippen molar-refractivity contribution >= 4 is 29.4 Å². The lowest BCUT2D eigenvalue weighted by Crippen LogP contribution is -2.70. The fraction of sp³-hybridized carbons (Fsp3) is 0.412. The summed E-state index contributed by atoms with van der Waals surface area (Å²) in [5, 5.41) is 0. The van der Waals surface area contributed by atoms with Gasteiger partial charge in [-0.1, -0.05) is 12.1 Å². The number of ether oxygens (including phenoxy) is 1. The molecule has 1 atom stereocenters. The van der Waals surface area contributed by atoms with Crippen molar-refractivity contribution in [2.45, 2.75) is 38.4 Å². The maximum absolute atomic E-state index is 13.0. The molecule has 2 heterocycles. The van der Waals surface area contributed by atoms with Crippen molar-refractivity contribution in [3.8, 4) is 0 Å². The molecule has 1 saturated heterocycles. The summed E-state index contributed by atoms with van der Waals surface area (Å²) in [4.78, 5) is 52.2. The van der Waals surface area contributed by atoms with E-state index in [0.717, 1.165) is 0 Å². The lowest BCUT2D eigenvalue weighted by atomic mass is 9.95. The SMILES string of the molecule is CC(C)N1C(=O)c2ccccc2N2C(=O)CC[C@@]21C(=O)OCC(N)=O. The van der Waals surface area contributed by atoms with E-state index in [1.807, 2.05) is 0 Å². The number of nitrogens with two attached hydrogens (primary N) is 1. The van der Waals surface area contributed by atoms with E-state index in [2.05, 4.69) is 0 Å². The minimum Gasteiger partial charge on any atom is -0.452 e. The van der Waals surface area contributed by atoms with Gasteiger partial charge in [0.25, 0.3) is 11.8 Å². The van der Waals surface area contributed by atoms with Crippen LogP contribution in [0.1, 0.15) is 37.0 Å². The van der Waals surface area contributed by atoms with E-state index in [-0.39, 0.29) is 30.7 Å². The molecule has 0 radical (unpaired) electrons. The number of anilines is 1. The molecule has 0 aliphatic carbocycles. The number of fused-ring (bicyclic) bond motifs is 3. The van der Waals surface area contributed by atoms with Gasteiger partial charge in [-0.15, -0.1) is 0 Å². The zero-order chi connectivity index (χ0) is 18.4. The van der Waals surface area contributed by atoms with Crippen molar-refractivity contribution in [3.05, 3.63) is 29.8 Å². The molecular weight excluding hydrogens is 326 g/mol. The second-order valence-corrected chi connectivity index (χ2v) is 6.37. The van der Waals surface area contributed by atoms with Crippen LogP contribution in [0.5, 0.6) is 0 Å². The van der Waals surface area contributed by atoms with Gasteiger partial charge in [0.15, 0.2) is 6.61 Å². The second kappa shape index (κ2) is 5.87. The highest BCUT2D eigenvalue weighted by atomic mass is 16.5. The van der Waals surface area contributed by atoms with E-state index in [4.69, 9.17) is 10.5 Å². The number of carbonyl (C=O) groups is 4. The number of benzene rings is 1. The van der Waals surface area contributed by atoms with Crippen molar-refractivity contribution in [3.63, 3.8) is 0 Å². The van der Waals surface area contributed by atoms with Gasteiger partial charge in [0, 0.05) is 18.9 Å². The predicted molar refractivity (Wildman–Crippen MR) is 87.4 cm³/mol. The van der Waals surface area contributed by atoms with E-state index < -0.39 is 24.1 Å². The molecule has 0 saturated carbocycles. The van der Waals surface area contributed by atoms with Crippen LogP contribution in [0.3, 0.4) is 0 Å². The van der Waals surface area contributed by atoms with Gasteiger partial charge in [0.1, 0.15) is 0 Å². The molecule has 25 heavy (non-hydrogen) atoms. The van der Waals surface area contributed by atoms with Gasteiger partial charge in [0.05, 0.1) is 11.3 Å². The van der Waals surface area contributed by atoms with Gasteiger partial charge in [0.2, 0.25) is 11.6 Å². The molecule has 1 aromatic rings. The first-order chi connectivity index (χ1) is 11.8. The molecule has 1 fully saturated rings. The second-order valence-electron chi connectivity index (χ2n) is 6.37. The Morgan fingerprint density at radius 2 is 1.96 bits per heavy atom. The van der Waals surface area contributed by atoms with Crippen LogP contribution in [0, 0.1) is 0 Å². The number of primary amides is 1. The zero-order valence-corrected chi connectivity index (χ0v) is 14.0. The van der Waals surface area contributed by atoms with Crippen molar-refractivity contribution in [1.29, 1.82) is 0 Å². The maximum Gasteiger partial charge on any atom is 0.354 e. The fourth-order valence-electron chi connectivity index (χ4n) is 3.63. The molecule has 2 aliphatic heterocycles. The third kappa shape index (κ3) is 2.36. The van der Waals surface area contributed by atoms with Gasteiger partial charge in [-0.25, -0.2) is 4.79 Å². The molecule has 1 aromatic carbocycles. The standard InChI is InChI=1S/C17H19N3O5/c1-10(2)19-15(23)11-5-3-4-6-12(11)20-14(22)7-8-17(19,20)16(24)25-9-13(18)21/h3-6,10H,7-9H2,1-2H3,(H2,18,21)/t17-/m0/s1. The molecule has 2 aliphatic rings. The summed E-state index contributed by atoms with van der Waals surface area (Å²) in [5.74, 6) is -2.26. The summed E-state index contributed by atoms with van der Waals surface area (Å²) in [6.07, 6.45) is 0.193. The number of hydrogen-bond donors (Lipinski definition) is 1. The zero-order valence-electron chi connectivity index (χ0n) is 14.0. The normalized spacial score (nSPS) is 22.0. The first-order valence-corrected chi connectivity index (χ1v) is 8.02. The molecule has 0 unspecified atom stereocenters. The van der Waals surface area contributed by atoms with Crippen molar-refractivity contribution < 1.29 is 23.9 Å². The average Bonchev–Trinajstić information content (AvgIpc) is 2.91. The van der Waals surface area contributed by atoms with Crippen molar-refractivity contribution in [2.24, 2.45) is 5.73 Å². The van der Waals surface area contributed by atoms with Crippen LogP contribution in [0.15, 0.2) is 24.3 Å². The van der Waals surface area contributed by atoms with Gasteiger partial charge >= 0.3 is 5.97 Å². The summed E-state index contributed by atoms with van der Waals surface area (Å²) in [5.41, 5.74) is 4.19. The molecular formula is C17H19N3O5. The van der Waals surface area contributed by atoms with E-state index in [9.17, 15) is 19.2 Å². The number of hydrogen-bond acceptors (Lipinski definition) is 5. The molecule has 2 N–H and O–H groups in total. The number of rotatable bonds is 4. The van der Waals surface area contributed by atoms with Crippen LogP contribution in [-0.4, -0.2) is 46.9 Å². The van der Waals surface area contributed by atoms with Crippen LogP contribution in [0.2, 0.25) is 0 Å². The van der Waals surface area contributed by atoms with Crippen LogP contribution in [0.4, 0.5) is 5.69 Å². The quantitative estimate of drug-likeness (QED) is 0.795. The highest BCUT2D eigenvalue weighted by molar-refractivity contribution is 6.15. The molecule has 0 spiro atoms. The number of para-hydroxylation sites is 1. The largest absolute Gasteiger partial charge is 0.452 e. The Kier molecular flexibility index (Phi) is 3.98. The Morgan fingerprint density at radius 3 is 2.60 bits per heavy atom. The maximum atomic E-state index is 13.0. The summed E-state index contributed by atoms with van der Waals surface area (Å²) in [6, 6.07) is 6.29. The van der Waals surface area contributed by atoms with Gasteiger partial charge in [-0.3, -0.25) is 19.3 Å². The minimum absolute atomic E-state index is 0.0938. The van der Waals surface area contributed by atoms with Crippen LogP contribution < -0.4 is 10.6 Å². The fourth-order valence-corrected chi connectivity index (χ4v) is 3.63. The highest BCUT2D eigenvalue weighted by Crippen LogP contribution is 2.45. The summed E-state index contributed by atoms with van der Waals surface area (Å²) in [7, 11) is 0. The molecule has 132 valence electrons. The van der Waals surface area contributed by atoms with Crippen LogP contribution >= 0.6 is 0 Å². The Balaban J connectivity index is 2.18. The number of nitrogens with zero attached hydrogens (tertiary/aromatic N) is 2. The predicted octanol–water partition coefficient (Wildman–Crippen LogP) is 0.402. The molecule has 3 rings (SSSR count). The topological polar surface area (TPSA) is 110 Å². The lowest BCUT2D eigenvalue weighted by molar-refractivity contribution is -0.160. The van der Waals surface area contributed by atoms with E-state index in [0.29, 0.717) is 11.3 Å². The van der Waals surface area contributed by atoms with E-state index in [1.165, 1.54) is 9.80 Å². The van der Waals surface area contributed by atoms with Gasteiger partial charge in [-0.05, 0) is 26.0 Å². The van der Waals surface area contributed by atoms with Gasteiger partial charge < -0.3 is 15.4 Å². The first kappa shape index (κ1) is 16.9. The van der Waals surface area contributed by atoms with Crippen molar-refractivity contribution in [1.82, 2.24) is 4.90 Å². The summed E-state index contributed by atoms with van der Waals surface area (Å²) < 4.78 is 5.04. The monoisotopic (exact) mass is 345 g/mol. The Labute approximate surface area is 144 Å². The lowest BCUT2D eigenvalue weighted by Gasteiger charge is -2.50. The number of amides is 3. The van der Waals surface area contributed by atoms with Crippen LogP contribution in [-0.2, 0) is 19.1 Å². The van der Waals surface area contributed by atoms with E-state index >= 15 is 0 Å². The summed E-state index contributed by atoms with van der Waals surface area (Å²) in [6.45, 7) is 2.91. The van der Waals surface area contributed by atoms with Crippen LogP contribution in [0.25, 0.3) is 0 Å². The average molecular weight is 345 g/mol. The molecule has 0 bridgehead atoms. The Morgan fingerprint density at radius 1 is 1.28 bits per heavy atom.